The predicted molar refractivity (Wildman–Crippen MR) is 78.0 cm³/mol. The Morgan fingerprint density at radius 3 is 2.85 bits per heavy atom. The van der Waals surface area contributed by atoms with Gasteiger partial charge in [0.25, 0.3) is 10.0 Å². The van der Waals surface area contributed by atoms with Crippen LogP contribution in [0.4, 0.5) is 0 Å². The van der Waals surface area contributed by atoms with Gasteiger partial charge in [-0.15, -0.1) is 0 Å². The normalized spacial score (nSPS) is 21.2. The second-order valence-electron chi connectivity index (χ2n) is 5.39. The molecule has 1 fully saturated rings. The summed E-state index contributed by atoms with van der Waals surface area (Å²) in [6.07, 6.45) is 4.58. The van der Waals surface area contributed by atoms with E-state index in [0.29, 0.717) is 18.9 Å². The lowest BCUT2D eigenvalue weighted by Gasteiger charge is -2.31. The number of sulfonamides is 1. The maximum absolute atomic E-state index is 12.6. The number of aromatic nitrogens is 2. The molecule has 6 nitrogen and oxygen atoms in total. The minimum atomic E-state index is -3.46. The molecule has 1 aromatic heterocycles. The van der Waals surface area contributed by atoms with Gasteiger partial charge in [-0.25, -0.2) is 13.4 Å². The second-order valence-corrected chi connectivity index (χ2v) is 7.28. The fraction of sp³-hybridized carbons (Fsp3) is 0.769. The summed E-state index contributed by atoms with van der Waals surface area (Å²) in [5.41, 5.74) is 0. The average molecular weight is 300 g/mol. The lowest BCUT2D eigenvalue weighted by atomic mass is 10.1. The average Bonchev–Trinajstić information content (AvgIpc) is 2.77. The molecule has 1 atom stereocenters. The molecule has 1 aliphatic heterocycles. The van der Waals surface area contributed by atoms with Crippen molar-refractivity contribution in [2.24, 2.45) is 7.05 Å². The van der Waals surface area contributed by atoms with Crippen molar-refractivity contribution in [2.75, 3.05) is 19.6 Å². The highest BCUT2D eigenvalue weighted by atomic mass is 32.2. The van der Waals surface area contributed by atoms with Crippen LogP contribution in [-0.4, -0.2) is 48.0 Å². The lowest BCUT2D eigenvalue weighted by Crippen LogP contribution is -2.48. The van der Waals surface area contributed by atoms with Gasteiger partial charge in [-0.1, -0.05) is 6.92 Å². The molecule has 1 N–H and O–H groups in total. The van der Waals surface area contributed by atoms with Crippen molar-refractivity contribution in [3.63, 3.8) is 0 Å². The van der Waals surface area contributed by atoms with Crippen molar-refractivity contribution < 1.29 is 8.42 Å². The number of hydrogen-bond donors (Lipinski definition) is 1. The van der Waals surface area contributed by atoms with Crippen LogP contribution in [0, 0.1) is 6.92 Å². The SMILES string of the molecule is CCCNC1CCCN(S(=O)(=O)c2cn(C)c(C)n2)C1. The molecule has 2 heterocycles. The molecule has 20 heavy (non-hydrogen) atoms. The van der Waals surface area contributed by atoms with Crippen LogP contribution in [-0.2, 0) is 17.1 Å². The molecule has 7 heteroatoms. The van der Waals surface area contributed by atoms with Gasteiger partial charge in [0.2, 0.25) is 0 Å². The van der Waals surface area contributed by atoms with Crippen molar-refractivity contribution in [1.82, 2.24) is 19.2 Å². The summed E-state index contributed by atoms with van der Waals surface area (Å²) >= 11 is 0. The van der Waals surface area contributed by atoms with Gasteiger partial charge in [0.1, 0.15) is 5.82 Å². The molecule has 0 radical (unpaired) electrons. The molecule has 0 aromatic carbocycles. The van der Waals surface area contributed by atoms with Crippen LogP contribution in [0.2, 0.25) is 0 Å². The fourth-order valence-corrected chi connectivity index (χ4v) is 4.01. The summed E-state index contributed by atoms with van der Waals surface area (Å²) in [6.45, 7) is 5.98. The summed E-state index contributed by atoms with van der Waals surface area (Å²) in [6, 6.07) is 0.253. The zero-order valence-electron chi connectivity index (χ0n) is 12.5. The summed E-state index contributed by atoms with van der Waals surface area (Å²) in [4.78, 5) is 4.16. The number of rotatable bonds is 5. The maximum Gasteiger partial charge on any atom is 0.262 e. The fourth-order valence-electron chi connectivity index (χ4n) is 2.46. The molecule has 114 valence electrons. The number of nitrogens with zero attached hydrogens (tertiary/aromatic N) is 3. The van der Waals surface area contributed by atoms with Crippen LogP contribution in [0.15, 0.2) is 11.2 Å². The Morgan fingerprint density at radius 1 is 1.50 bits per heavy atom. The van der Waals surface area contributed by atoms with Gasteiger partial charge < -0.3 is 9.88 Å². The Labute approximate surface area is 121 Å². The van der Waals surface area contributed by atoms with Gasteiger partial charge in [-0.05, 0) is 32.7 Å². The molecular formula is C13H24N4O2S. The highest BCUT2D eigenvalue weighted by Gasteiger charge is 2.31. The Bertz CT molecular complexity index is 533. The predicted octanol–water partition coefficient (Wildman–Crippen LogP) is 0.881. The quantitative estimate of drug-likeness (QED) is 0.876. The zero-order valence-corrected chi connectivity index (χ0v) is 13.3. The van der Waals surface area contributed by atoms with Gasteiger partial charge in [0.15, 0.2) is 5.03 Å². The van der Waals surface area contributed by atoms with E-state index < -0.39 is 10.0 Å². The van der Waals surface area contributed by atoms with E-state index in [1.54, 1.807) is 22.0 Å². The van der Waals surface area contributed by atoms with Gasteiger partial charge in [0, 0.05) is 32.4 Å². The van der Waals surface area contributed by atoms with E-state index in [1.807, 2.05) is 7.05 Å². The summed E-state index contributed by atoms with van der Waals surface area (Å²) in [5.74, 6) is 0.709. The van der Waals surface area contributed by atoms with Crippen molar-refractivity contribution in [3.05, 3.63) is 12.0 Å². The molecule has 2 rings (SSSR count). The van der Waals surface area contributed by atoms with Crippen LogP contribution < -0.4 is 5.32 Å². The standard InChI is InChI=1S/C13H24N4O2S/c1-4-7-14-12-6-5-8-17(9-12)20(18,19)13-10-16(3)11(2)15-13/h10,12,14H,4-9H2,1-3H3. The molecule has 1 aliphatic rings. The molecule has 0 amide bonds. The van der Waals surface area contributed by atoms with Gasteiger partial charge in [-0.2, -0.15) is 4.31 Å². The van der Waals surface area contributed by atoms with E-state index in [2.05, 4.69) is 17.2 Å². The number of imidazole rings is 1. The summed E-state index contributed by atoms with van der Waals surface area (Å²) < 4.78 is 28.5. The third-order valence-electron chi connectivity index (χ3n) is 3.76. The zero-order chi connectivity index (χ0) is 14.8. The molecular weight excluding hydrogens is 276 g/mol. The van der Waals surface area contributed by atoms with Crippen LogP contribution in [0.3, 0.4) is 0 Å². The van der Waals surface area contributed by atoms with Crippen molar-refractivity contribution in [1.29, 1.82) is 0 Å². The first-order chi connectivity index (χ1) is 9.45. The van der Waals surface area contributed by atoms with Crippen LogP contribution in [0.1, 0.15) is 32.0 Å². The van der Waals surface area contributed by atoms with E-state index in [4.69, 9.17) is 0 Å². The van der Waals surface area contributed by atoms with Crippen LogP contribution >= 0.6 is 0 Å². The minimum absolute atomic E-state index is 0.161. The van der Waals surface area contributed by atoms with E-state index in [1.165, 1.54) is 0 Å². The minimum Gasteiger partial charge on any atom is -0.337 e. The van der Waals surface area contributed by atoms with Gasteiger partial charge in [0.05, 0.1) is 0 Å². The Balaban J connectivity index is 2.12. The number of piperidine rings is 1. The van der Waals surface area contributed by atoms with Crippen LogP contribution in [0.5, 0.6) is 0 Å². The highest BCUT2D eigenvalue weighted by molar-refractivity contribution is 7.89. The molecule has 0 bridgehead atoms. The Kier molecular flexibility index (Phi) is 4.82. The monoisotopic (exact) mass is 300 g/mol. The smallest absolute Gasteiger partial charge is 0.262 e. The highest BCUT2D eigenvalue weighted by Crippen LogP contribution is 2.20. The van der Waals surface area contributed by atoms with Crippen molar-refractivity contribution >= 4 is 10.0 Å². The molecule has 0 aliphatic carbocycles. The molecule has 0 saturated carbocycles. The van der Waals surface area contributed by atoms with Crippen molar-refractivity contribution in [2.45, 2.75) is 44.2 Å². The Morgan fingerprint density at radius 2 is 2.25 bits per heavy atom. The van der Waals surface area contributed by atoms with E-state index >= 15 is 0 Å². The first-order valence-electron chi connectivity index (χ1n) is 7.18. The Hall–Kier alpha value is -0.920. The van der Waals surface area contributed by atoms with Crippen LogP contribution in [0.25, 0.3) is 0 Å². The molecule has 0 spiro atoms. The maximum atomic E-state index is 12.6. The number of hydrogen-bond acceptors (Lipinski definition) is 4. The van der Waals surface area contributed by atoms with Gasteiger partial charge >= 0.3 is 0 Å². The van der Waals surface area contributed by atoms with E-state index in [-0.39, 0.29) is 11.1 Å². The first kappa shape index (κ1) is 15.5. The molecule has 1 saturated heterocycles. The van der Waals surface area contributed by atoms with Gasteiger partial charge in [-0.3, -0.25) is 0 Å². The third kappa shape index (κ3) is 3.21. The topological polar surface area (TPSA) is 67.2 Å². The van der Waals surface area contributed by atoms with Crippen molar-refractivity contribution in [3.8, 4) is 0 Å². The van der Waals surface area contributed by atoms with E-state index in [9.17, 15) is 8.42 Å². The summed E-state index contributed by atoms with van der Waals surface area (Å²) in [5, 5.41) is 3.57. The largest absolute Gasteiger partial charge is 0.337 e. The molecule has 1 unspecified atom stereocenters. The summed E-state index contributed by atoms with van der Waals surface area (Å²) in [7, 11) is -1.65. The third-order valence-corrected chi connectivity index (χ3v) is 5.49. The number of aryl methyl sites for hydroxylation is 2. The second kappa shape index (κ2) is 6.24. The first-order valence-corrected chi connectivity index (χ1v) is 8.62. The number of nitrogens with one attached hydrogen (secondary N) is 1. The van der Waals surface area contributed by atoms with E-state index in [0.717, 1.165) is 25.8 Å². The molecule has 1 aromatic rings. The lowest BCUT2D eigenvalue weighted by molar-refractivity contribution is 0.283.